The first-order valence-corrected chi connectivity index (χ1v) is 15.8. The van der Waals surface area contributed by atoms with Gasteiger partial charge in [0.2, 0.25) is 0 Å². The van der Waals surface area contributed by atoms with Gasteiger partial charge in [-0.25, -0.2) is 4.98 Å². The second-order valence-corrected chi connectivity index (χ2v) is 13.2. The van der Waals surface area contributed by atoms with E-state index in [-0.39, 0.29) is 16.8 Å². The van der Waals surface area contributed by atoms with Crippen LogP contribution in [0.1, 0.15) is 59.9 Å². The zero-order valence-electron chi connectivity index (χ0n) is 24.4. The number of nitrogens with zero attached hydrogens (tertiary/aromatic N) is 8. The Hall–Kier alpha value is -3.78. The van der Waals surface area contributed by atoms with E-state index in [0.29, 0.717) is 53.2 Å². The van der Waals surface area contributed by atoms with E-state index in [1.165, 1.54) is 44.4 Å². The number of fused-ring (bicyclic) bond motifs is 2. The van der Waals surface area contributed by atoms with Crippen molar-refractivity contribution in [3.8, 4) is 18.1 Å². The lowest BCUT2D eigenvalue weighted by Crippen LogP contribution is -2.57. The first kappa shape index (κ1) is 29.7. The lowest BCUT2D eigenvalue weighted by atomic mass is 9.88. The lowest BCUT2D eigenvalue weighted by molar-refractivity contribution is 0.377. The van der Waals surface area contributed by atoms with Gasteiger partial charge < -0.3 is 30.9 Å². The van der Waals surface area contributed by atoms with Crippen molar-refractivity contribution >= 4 is 45.6 Å². The van der Waals surface area contributed by atoms with E-state index in [0.717, 1.165) is 21.8 Å². The minimum absolute atomic E-state index is 0.182. The van der Waals surface area contributed by atoms with Crippen LogP contribution < -0.4 is 26.0 Å². The predicted octanol–water partition coefficient (Wildman–Crippen LogP) is 4.11. The zero-order chi connectivity index (χ0) is 30.0. The average Bonchev–Trinajstić information content (AvgIpc) is 3.68. The number of likely N-dealkylation sites (tertiary alicyclic amines) is 1. The highest BCUT2D eigenvalue weighted by Gasteiger charge is 2.53. The molecule has 220 valence electrons. The second kappa shape index (κ2) is 12.2. The molecule has 42 heavy (non-hydrogen) atoms. The molecule has 0 amide bonds. The fraction of sp³-hybridized carbons (Fsp3) is 0.483. The van der Waals surface area contributed by atoms with E-state index >= 15 is 0 Å². The topological polar surface area (TPSA) is 157 Å². The molecule has 3 aliphatic heterocycles. The van der Waals surface area contributed by atoms with Crippen molar-refractivity contribution in [2.75, 3.05) is 68.1 Å². The molecule has 3 aromatic heterocycles. The molecule has 3 aliphatic rings. The first-order chi connectivity index (χ1) is 20.3. The summed E-state index contributed by atoms with van der Waals surface area (Å²) >= 11 is 3.32. The van der Waals surface area contributed by atoms with Gasteiger partial charge in [0.05, 0.1) is 23.5 Å². The van der Waals surface area contributed by atoms with Crippen molar-refractivity contribution in [2.45, 2.75) is 43.2 Å². The summed E-state index contributed by atoms with van der Waals surface area (Å²) in [6.45, 7) is 8.44. The molecule has 1 atom stereocenters. The summed E-state index contributed by atoms with van der Waals surface area (Å²) in [4.78, 5) is 21.0. The number of rotatable bonds is 6. The summed E-state index contributed by atoms with van der Waals surface area (Å²) in [5.74, 6) is 2.27. The van der Waals surface area contributed by atoms with Crippen LogP contribution in [0, 0.1) is 22.7 Å². The Balaban J connectivity index is 0.000000524. The number of hydrogen-bond donors (Lipinski definition) is 2. The average molecular weight is 605 g/mol. The lowest BCUT2D eigenvalue weighted by Gasteiger charge is -2.48. The molecule has 0 bridgehead atoms. The molecule has 6 rings (SSSR count). The second-order valence-electron chi connectivity index (χ2n) is 10.7. The Morgan fingerprint density at radius 1 is 1.17 bits per heavy atom. The van der Waals surface area contributed by atoms with Gasteiger partial charge in [0, 0.05) is 47.6 Å². The van der Waals surface area contributed by atoms with E-state index in [9.17, 15) is 10.5 Å². The van der Waals surface area contributed by atoms with Crippen LogP contribution >= 0.6 is 23.1 Å². The summed E-state index contributed by atoms with van der Waals surface area (Å²) < 4.78 is 5.21. The van der Waals surface area contributed by atoms with Crippen LogP contribution in [-0.2, 0) is 10.5 Å². The van der Waals surface area contributed by atoms with Crippen molar-refractivity contribution in [1.82, 2.24) is 19.9 Å². The van der Waals surface area contributed by atoms with Gasteiger partial charge in [0.15, 0.2) is 11.6 Å². The van der Waals surface area contributed by atoms with Crippen molar-refractivity contribution in [1.29, 1.82) is 10.5 Å². The molecule has 1 spiro atoms. The number of ether oxygens (including phenoxy) is 1. The van der Waals surface area contributed by atoms with Gasteiger partial charge >= 0.3 is 6.01 Å². The Morgan fingerprint density at radius 2 is 1.88 bits per heavy atom. The third-order valence-electron chi connectivity index (χ3n) is 8.12. The molecule has 1 unspecified atom stereocenters. The summed E-state index contributed by atoms with van der Waals surface area (Å²) in [6.07, 6.45) is 4.48. The summed E-state index contributed by atoms with van der Waals surface area (Å²) in [5, 5.41) is 20.5. The zero-order valence-corrected chi connectivity index (χ0v) is 26.1. The maximum atomic E-state index is 10.3. The number of hydrogen-bond acceptors (Lipinski definition) is 13. The number of nitriles is 2. The van der Waals surface area contributed by atoms with Crippen LogP contribution in [0.25, 0.3) is 0 Å². The smallest absolute Gasteiger partial charge is 0.320 e. The van der Waals surface area contributed by atoms with Gasteiger partial charge in [-0.1, -0.05) is 6.07 Å². The van der Waals surface area contributed by atoms with E-state index in [4.69, 9.17) is 16.2 Å². The predicted molar refractivity (Wildman–Crippen MR) is 169 cm³/mol. The van der Waals surface area contributed by atoms with Crippen LogP contribution in [0.4, 0.5) is 22.5 Å². The maximum absolute atomic E-state index is 10.3. The quantitative estimate of drug-likeness (QED) is 0.415. The van der Waals surface area contributed by atoms with Gasteiger partial charge in [-0.3, -0.25) is 0 Å². The first-order valence-electron chi connectivity index (χ1n) is 14.0. The molecule has 13 heteroatoms. The minimum atomic E-state index is -0.235. The Kier molecular flexibility index (Phi) is 8.64. The van der Waals surface area contributed by atoms with Crippen molar-refractivity contribution in [3.63, 3.8) is 0 Å². The minimum Gasteiger partial charge on any atom is -0.467 e. The normalized spacial score (nSPS) is 17.4. The largest absolute Gasteiger partial charge is 0.467 e. The monoisotopic (exact) mass is 604 g/mol. The number of methoxy groups -OCH3 is 1. The molecular formula is C29H36N10OS2. The molecule has 0 radical (unpaired) electrons. The molecule has 0 aromatic carbocycles. The van der Waals surface area contributed by atoms with Crippen molar-refractivity contribution in [2.24, 2.45) is 0 Å². The van der Waals surface area contributed by atoms with Gasteiger partial charge in [0.1, 0.15) is 28.5 Å². The van der Waals surface area contributed by atoms with Crippen LogP contribution in [-0.4, -0.2) is 66.7 Å². The molecule has 3 aromatic rings. The highest BCUT2D eigenvalue weighted by molar-refractivity contribution is 8.00. The number of pyridine rings is 1. The highest BCUT2D eigenvalue weighted by atomic mass is 32.2. The molecular weight excluding hydrogens is 569 g/mol. The van der Waals surface area contributed by atoms with Gasteiger partial charge in [0.25, 0.3) is 0 Å². The fourth-order valence-electron chi connectivity index (χ4n) is 5.92. The Morgan fingerprint density at radius 3 is 2.45 bits per heavy atom. The van der Waals surface area contributed by atoms with Crippen LogP contribution in [0.5, 0.6) is 6.01 Å². The third-order valence-corrected chi connectivity index (χ3v) is 10.8. The molecule has 2 fully saturated rings. The molecule has 0 saturated carbocycles. The number of nitrogen functional groups attached to an aromatic ring is 2. The molecule has 0 aliphatic carbocycles. The molecule has 4 N–H and O–H groups in total. The van der Waals surface area contributed by atoms with Gasteiger partial charge in [-0.2, -0.15) is 20.5 Å². The number of anilines is 4. The fourth-order valence-corrected chi connectivity index (χ4v) is 8.72. The SMILES string of the molecule is CCN(c1nc(OC)nc(N2CC3(C2)SCc2sc(N)c(C#N)c23)c1C#N)C(C)c1cccnc1N.CN1CCCC1. The highest BCUT2D eigenvalue weighted by Crippen LogP contribution is 2.58. The van der Waals surface area contributed by atoms with Crippen LogP contribution in [0.2, 0.25) is 0 Å². The van der Waals surface area contributed by atoms with Crippen molar-refractivity contribution in [3.05, 3.63) is 45.5 Å². The Labute approximate surface area is 255 Å². The summed E-state index contributed by atoms with van der Waals surface area (Å²) in [7, 11) is 3.69. The molecule has 6 heterocycles. The van der Waals surface area contributed by atoms with E-state index in [2.05, 4.69) is 43.9 Å². The van der Waals surface area contributed by atoms with E-state index in [1.54, 1.807) is 6.20 Å². The number of thiophene rings is 1. The number of thioether (sulfide) groups is 1. The van der Waals surface area contributed by atoms with Gasteiger partial charge in [-0.05, 0) is 52.9 Å². The number of nitrogens with two attached hydrogens (primary N) is 2. The number of aromatic nitrogens is 3. The van der Waals surface area contributed by atoms with Gasteiger partial charge in [-0.15, -0.1) is 23.1 Å². The third kappa shape index (κ3) is 5.28. The van der Waals surface area contributed by atoms with Crippen molar-refractivity contribution < 1.29 is 4.74 Å². The summed E-state index contributed by atoms with van der Waals surface area (Å²) in [5.41, 5.74) is 15.1. The van der Waals surface area contributed by atoms with Crippen LogP contribution in [0.15, 0.2) is 18.3 Å². The maximum Gasteiger partial charge on any atom is 0.320 e. The molecule has 11 nitrogen and oxygen atoms in total. The van der Waals surface area contributed by atoms with Crippen LogP contribution in [0.3, 0.4) is 0 Å². The Bertz CT molecular complexity index is 1530. The summed E-state index contributed by atoms with van der Waals surface area (Å²) in [6, 6.07) is 8.39. The molecule has 2 saturated heterocycles. The van der Waals surface area contributed by atoms with E-state index in [1.807, 2.05) is 42.6 Å². The standard InChI is InChI=1S/C24H25N9OS2.C5H11N/c1-4-33(13(2)14-6-5-7-29-19(14)27)22-16(9-26)21(30-23(31-22)34-3)32-11-24(12-32)18-15(8-25)20(28)36-17(18)10-35-24;1-6-4-2-3-5-6/h5-7,13H,4,10-12,28H2,1-3H3,(H2,27,29);2-5H2,1H3. The van der Waals surface area contributed by atoms with E-state index < -0.39 is 0 Å².